The number of benzene rings is 2. The van der Waals surface area contributed by atoms with Gasteiger partial charge >= 0.3 is 0 Å². The van der Waals surface area contributed by atoms with Gasteiger partial charge in [0.25, 0.3) is 0 Å². The van der Waals surface area contributed by atoms with Gasteiger partial charge in [0.05, 0.1) is 0 Å². The molecule has 3 nitrogen and oxygen atoms in total. The Balaban J connectivity index is 1.66. The number of ketones is 1. The van der Waals surface area contributed by atoms with Crippen molar-refractivity contribution in [3.05, 3.63) is 59.7 Å². The molecule has 0 amide bonds. The third kappa shape index (κ3) is 3.29. The summed E-state index contributed by atoms with van der Waals surface area (Å²) in [5.74, 6) is 2.75. The normalized spacial score (nSPS) is 22.4. The van der Waals surface area contributed by atoms with Crippen LogP contribution in [0.3, 0.4) is 0 Å². The third-order valence-electron chi connectivity index (χ3n) is 4.84. The second kappa shape index (κ2) is 6.89. The van der Waals surface area contributed by atoms with Crippen molar-refractivity contribution in [1.82, 2.24) is 0 Å². The third-order valence-corrected chi connectivity index (χ3v) is 7.62. The lowest BCUT2D eigenvalue weighted by Gasteiger charge is -2.30. The molecule has 24 heavy (non-hydrogen) atoms. The van der Waals surface area contributed by atoms with Crippen molar-refractivity contribution in [2.24, 2.45) is 0 Å². The second-order valence-electron chi connectivity index (χ2n) is 6.56. The molecule has 126 valence electrons. The van der Waals surface area contributed by atoms with Gasteiger partial charge in [-0.3, -0.25) is 4.79 Å². The predicted octanol–water partition coefficient (Wildman–Crippen LogP) is 4.40. The molecule has 0 aliphatic carbocycles. The Hall–Kier alpha value is -1.94. The number of anilines is 2. The summed E-state index contributed by atoms with van der Waals surface area (Å²) in [4.78, 5) is 12.5. The molecule has 4 rings (SSSR count). The maximum atomic E-state index is 12.5. The zero-order chi connectivity index (χ0) is 16.4. The Morgan fingerprint density at radius 3 is 2.83 bits per heavy atom. The molecule has 2 aromatic carbocycles. The van der Waals surface area contributed by atoms with Crippen LogP contribution in [0.15, 0.2) is 48.5 Å². The fourth-order valence-electron chi connectivity index (χ4n) is 3.59. The Kier molecular flexibility index (Phi) is 4.48. The van der Waals surface area contributed by atoms with Crippen LogP contribution in [0.2, 0.25) is 0 Å². The molecular weight excluding hydrogens is 316 g/mol. The maximum absolute atomic E-state index is 12.5. The zero-order valence-electron chi connectivity index (χ0n) is 13.9. The molecule has 1 N–H and O–H groups in total. The van der Waals surface area contributed by atoms with Crippen molar-refractivity contribution >= 4 is 28.2 Å². The summed E-state index contributed by atoms with van der Waals surface area (Å²) in [5.41, 5.74) is 4.51. The molecule has 2 heterocycles. The predicted molar refractivity (Wildman–Crippen MR) is 104 cm³/mol. The zero-order valence-corrected chi connectivity index (χ0v) is 14.8. The molecule has 2 aromatic rings. The number of carbonyl (C=O) groups excluding carboxylic acids is 1. The molecular formula is C20H24N2OS. The van der Waals surface area contributed by atoms with Gasteiger partial charge in [-0.25, -0.2) is 0 Å². The van der Waals surface area contributed by atoms with E-state index in [1.807, 2.05) is 18.2 Å². The topological polar surface area (TPSA) is 32.3 Å². The van der Waals surface area contributed by atoms with Crippen LogP contribution in [0.1, 0.15) is 35.2 Å². The molecule has 2 aliphatic rings. The smallest absolute Gasteiger partial charge is 0.162 e. The van der Waals surface area contributed by atoms with Crippen LogP contribution in [0.5, 0.6) is 0 Å². The number of nitrogens with one attached hydrogen (secondary N) is 1. The number of fused-ring (bicyclic) bond motifs is 6. The highest BCUT2D eigenvalue weighted by Crippen LogP contribution is 2.42. The van der Waals surface area contributed by atoms with E-state index in [2.05, 4.69) is 40.0 Å². The Morgan fingerprint density at radius 1 is 1.00 bits per heavy atom. The van der Waals surface area contributed by atoms with Crippen LogP contribution in [0.4, 0.5) is 11.4 Å². The second-order valence-corrected chi connectivity index (χ2v) is 8.95. The minimum absolute atomic E-state index is 0.133. The highest BCUT2D eigenvalue weighted by molar-refractivity contribution is 8.18. The number of hydrogen-bond acceptors (Lipinski definition) is 3. The van der Waals surface area contributed by atoms with E-state index < -0.39 is 0 Å². The number of Topliss-reactive ketones (excluding diaryl/α,β-unsaturated/α-hetero) is 1. The van der Waals surface area contributed by atoms with E-state index in [1.165, 1.54) is 23.6 Å². The summed E-state index contributed by atoms with van der Waals surface area (Å²) >= 11 is -0.133. The monoisotopic (exact) mass is 340 g/mol. The highest BCUT2D eigenvalue weighted by Gasteiger charge is 2.22. The molecule has 0 saturated carbocycles. The molecule has 1 saturated heterocycles. The van der Waals surface area contributed by atoms with Crippen LogP contribution in [0, 0.1) is 0 Å². The lowest BCUT2D eigenvalue weighted by Crippen LogP contribution is -2.16. The fraction of sp³-hybridized carbons (Fsp3) is 0.350. The summed E-state index contributed by atoms with van der Waals surface area (Å²) in [6.45, 7) is 1.90. The first-order valence-corrected chi connectivity index (χ1v) is 10.4. The van der Waals surface area contributed by atoms with Crippen LogP contribution in [0.25, 0.3) is 0 Å². The van der Waals surface area contributed by atoms with E-state index in [9.17, 15) is 4.79 Å². The Morgan fingerprint density at radius 2 is 1.88 bits per heavy atom. The summed E-state index contributed by atoms with van der Waals surface area (Å²) in [6, 6.07) is 16.8. The van der Waals surface area contributed by atoms with Crippen LogP contribution >= 0.6 is 11.1 Å². The number of rotatable bonds is 0. The van der Waals surface area contributed by atoms with E-state index in [-0.39, 0.29) is 16.9 Å². The summed E-state index contributed by atoms with van der Waals surface area (Å²) < 4.78 is 2.59. The molecule has 4 heteroatoms. The van der Waals surface area contributed by atoms with E-state index in [0.717, 1.165) is 36.3 Å². The van der Waals surface area contributed by atoms with Crippen molar-refractivity contribution < 1.29 is 4.79 Å². The summed E-state index contributed by atoms with van der Waals surface area (Å²) in [5, 5.41) is 3.51. The van der Waals surface area contributed by atoms with Crippen molar-refractivity contribution in [3.8, 4) is 0 Å². The summed E-state index contributed by atoms with van der Waals surface area (Å²) in [6.07, 6.45) is 2.95. The van der Waals surface area contributed by atoms with Gasteiger partial charge in [0.15, 0.2) is 5.78 Å². The highest BCUT2D eigenvalue weighted by atomic mass is 32.2. The molecule has 0 aromatic heterocycles. The van der Waals surface area contributed by atoms with Crippen LogP contribution < -0.4 is 9.62 Å². The van der Waals surface area contributed by atoms with Crippen LogP contribution in [-0.4, -0.2) is 23.8 Å². The molecule has 1 atom stereocenters. The first kappa shape index (κ1) is 15.6. The number of carbonyl (C=O) groups is 1. The lowest BCUT2D eigenvalue weighted by molar-refractivity contribution is 0.0982. The molecule has 0 spiro atoms. The molecule has 1 unspecified atom stereocenters. The van der Waals surface area contributed by atoms with Crippen molar-refractivity contribution in [2.75, 3.05) is 27.7 Å². The number of thiol groups is 1. The average molecular weight is 340 g/mol. The van der Waals surface area contributed by atoms with E-state index >= 15 is 0 Å². The Labute approximate surface area is 146 Å². The van der Waals surface area contributed by atoms with Gasteiger partial charge in [-0.15, -0.1) is 0 Å². The Bertz CT molecular complexity index is 746. The first-order chi connectivity index (χ1) is 11.8. The fourth-order valence-corrected chi connectivity index (χ4v) is 6.20. The van der Waals surface area contributed by atoms with Gasteiger partial charge in [-0.2, -0.15) is 11.1 Å². The van der Waals surface area contributed by atoms with E-state index in [4.69, 9.17) is 0 Å². The number of hydrogen-bond donors (Lipinski definition) is 2. The average Bonchev–Trinajstić information content (AvgIpc) is 3.08. The van der Waals surface area contributed by atoms with E-state index in [0.29, 0.717) is 6.42 Å². The molecule has 2 aliphatic heterocycles. The SMILES string of the molecule is O=C1CCC[SH]2CCCN2c2cccc(c2)NCc2cccc1c2. The number of nitrogens with zero attached hydrogens (tertiary/aromatic N) is 1. The van der Waals surface area contributed by atoms with Gasteiger partial charge < -0.3 is 9.62 Å². The van der Waals surface area contributed by atoms with Crippen molar-refractivity contribution in [2.45, 2.75) is 25.8 Å². The van der Waals surface area contributed by atoms with Crippen LogP contribution in [-0.2, 0) is 6.54 Å². The summed E-state index contributed by atoms with van der Waals surface area (Å²) in [7, 11) is 0. The molecule has 0 radical (unpaired) electrons. The first-order valence-electron chi connectivity index (χ1n) is 8.78. The quantitative estimate of drug-likeness (QED) is 0.697. The van der Waals surface area contributed by atoms with Crippen molar-refractivity contribution in [1.29, 1.82) is 0 Å². The van der Waals surface area contributed by atoms with Gasteiger partial charge in [-0.1, -0.05) is 24.3 Å². The van der Waals surface area contributed by atoms with Crippen molar-refractivity contribution in [3.63, 3.8) is 0 Å². The largest absolute Gasteiger partial charge is 0.381 e. The minimum Gasteiger partial charge on any atom is -0.381 e. The molecule has 1 fully saturated rings. The van der Waals surface area contributed by atoms with Gasteiger partial charge in [0.2, 0.25) is 0 Å². The standard InChI is InChI=1S/C20H24N2OS/c23-20-9-3-11-24-12-4-10-22(24)19-8-2-7-18(14-19)21-15-16-5-1-6-17(20)13-16/h1-2,5-8,13-14,21,24H,3-4,9-12,15H2. The lowest BCUT2D eigenvalue weighted by atomic mass is 10.0. The van der Waals surface area contributed by atoms with Gasteiger partial charge in [-0.05, 0) is 54.2 Å². The minimum atomic E-state index is -0.133. The molecule has 4 bridgehead atoms. The van der Waals surface area contributed by atoms with E-state index in [1.54, 1.807) is 0 Å². The van der Waals surface area contributed by atoms with Gasteiger partial charge in [0.1, 0.15) is 0 Å². The maximum Gasteiger partial charge on any atom is 0.162 e. The van der Waals surface area contributed by atoms with Gasteiger partial charge in [0, 0.05) is 36.4 Å².